The molecular weight excluding hydrogens is 362 g/mol. The molecule has 2 aliphatic heterocycles. The number of hydrogen-bond acceptors (Lipinski definition) is 3. The number of H-pyrrole nitrogens is 1. The Hall–Kier alpha value is -2.40. The highest BCUT2D eigenvalue weighted by Crippen LogP contribution is 2.43. The van der Waals surface area contributed by atoms with Crippen LogP contribution in [0, 0.1) is 0 Å². The molecular formula is C24H29N3O2. The maximum Gasteiger partial charge on any atom is 0.317 e. The van der Waals surface area contributed by atoms with Crippen LogP contribution in [0.3, 0.4) is 0 Å². The predicted octanol–water partition coefficient (Wildman–Crippen LogP) is 3.70. The van der Waals surface area contributed by atoms with Gasteiger partial charge in [-0.2, -0.15) is 0 Å². The molecule has 3 unspecified atom stereocenters. The van der Waals surface area contributed by atoms with E-state index in [-0.39, 0.29) is 5.54 Å². The van der Waals surface area contributed by atoms with Crippen molar-refractivity contribution in [3.8, 4) is 0 Å². The van der Waals surface area contributed by atoms with Gasteiger partial charge < -0.3 is 4.98 Å². The highest BCUT2D eigenvalue weighted by Gasteiger charge is 2.47. The molecule has 152 valence electrons. The SMILES string of the molecule is CC1(n2c(=O)c(=O)[nH]c3ccccc32)CC2C=CC(C1)N2C1/C=C\CCCCC1. The minimum atomic E-state index is -0.532. The zero-order valence-corrected chi connectivity index (χ0v) is 17.0. The summed E-state index contributed by atoms with van der Waals surface area (Å²) in [5, 5.41) is 0. The van der Waals surface area contributed by atoms with Crippen molar-refractivity contribution in [2.75, 3.05) is 0 Å². The number of allylic oxidation sites excluding steroid dienone is 1. The van der Waals surface area contributed by atoms with Crippen molar-refractivity contribution in [1.82, 2.24) is 14.5 Å². The van der Waals surface area contributed by atoms with E-state index in [4.69, 9.17) is 0 Å². The number of nitrogens with one attached hydrogen (secondary N) is 1. The fourth-order valence-electron chi connectivity index (χ4n) is 5.79. The van der Waals surface area contributed by atoms with Crippen molar-refractivity contribution >= 4 is 11.0 Å². The van der Waals surface area contributed by atoms with E-state index in [1.807, 2.05) is 24.3 Å². The third-order valence-electron chi connectivity index (χ3n) is 7.06. The highest BCUT2D eigenvalue weighted by molar-refractivity contribution is 5.74. The Kier molecular flexibility index (Phi) is 4.58. The van der Waals surface area contributed by atoms with Crippen LogP contribution in [0.25, 0.3) is 11.0 Å². The van der Waals surface area contributed by atoms with Gasteiger partial charge in [0.25, 0.3) is 0 Å². The van der Waals surface area contributed by atoms with E-state index in [2.05, 4.69) is 41.1 Å². The molecule has 29 heavy (non-hydrogen) atoms. The summed E-state index contributed by atoms with van der Waals surface area (Å²) in [6, 6.07) is 8.72. The van der Waals surface area contributed by atoms with Crippen LogP contribution in [0.15, 0.2) is 58.2 Å². The van der Waals surface area contributed by atoms with Gasteiger partial charge in [-0.15, -0.1) is 0 Å². The van der Waals surface area contributed by atoms with Crippen LogP contribution >= 0.6 is 0 Å². The van der Waals surface area contributed by atoms with Crippen molar-refractivity contribution in [2.45, 2.75) is 75.5 Å². The summed E-state index contributed by atoms with van der Waals surface area (Å²) in [6.07, 6.45) is 17.4. The van der Waals surface area contributed by atoms with Gasteiger partial charge in [0.1, 0.15) is 0 Å². The number of piperidine rings is 1. The van der Waals surface area contributed by atoms with Crippen molar-refractivity contribution in [1.29, 1.82) is 0 Å². The molecule has 2 aromatic rings. The van der Waals surface area contributed by atoms with Crippen LogP contribution in [0.2, 0.25) is 0 Å². The Morgan fingerprint density at radius 3 is 2.52 bits per heavy atom. The summed E-state index contributed by atoms with van der Waals surface area (Å²) in [5.41, 5.74) is 0.189. The summed E-state index contributed by atoms with van der Waals surface area (Å²) >= 11 is 0. The summed E-state index contributed by atoms with van der Waals surface area (Å²) in [4.78, 5) is 30.7. The number of benzene rings is 1. The van der Waals surface area contributed by atoms with Crippen molar-refractivity contribution < 1.29 is 0 Å². The first-order chi connectivity index (χ1) is 14.1. The van der Waals surface area contributed by atoms with E-state index in [1.54, 1.807) is 4.57 Å². The van der Waals surface area contributed by atoms with Crippen molar-refractivity contribution in [2.24, 2.45) is 0 Å². The van der Waals surface area contributed by atoms with E-state index in [1.165, 1.54) is 32.1 Å². The molecule has 0 spiro atoms. The highest BCUT2D eigenvalue weighted by atomic mass is 16.2. The van der Waals surface area contributed by atoms with Gasteiger partial charge in [-0.1, -0.05) is 49.3 Å². The maximum atomic E-state index is 13.0. The van der Waals surface area contributed by atoms with Crippen LogP contribution < -0.4 is 11.1 Å². The van der Waals surface area contributed by atoms with Gasteiger partial charge in [-0.25, -0.2) is 0 Å². The molecule has 1 aromatic heterocycles. The second-order valence-corrected chi connectivity index (χ2v) is 9.12. The summed E-state index contributed by atoms with van der Waals surface area (Å²) < 4.78 is 1.78. The largest absolute Gasteiger partial charge is 0.317 e. The van der Waals surface area contributed by atoms with Gasteiger partial charge in [-0.3, -0.25) is 19.1 Å². The van der Waals surface area contributed by atoms with Gasteiger partial charge in [0.05, 0.1) is 11.0 Å². The number of fused-ring (bicyclic) bond motifs is 3. The zero-order chi connectivity index (χ0) is 20.0. The van der Waals surface area contributed by atoms with Gasteiger partial charge in [0.2, 0.25) is 0 Å². The standard InChI is InChI=1S/C24H29N3O2/c1-24(27-21-12-8-7-11-20(21)25-22(28)23(27)29)15-18-13-14-19(16-24)26(18)17-9-5-3-2-4-6-10-17/h5,7-9,11-14,17-19H,2-4,6,10,15-16H2,1H3,(H,25,28)/b9-5-. The quantitative estimate of drug-likeness (QED) is 0.627. The average Bonchev–Trinajstić information content (AvgIpc) is 2.94. The van der Waals surface area contributed by atoms with Gasteiger partial charge in [-0.05, 0) is 51.2 Å². The molecule has 5 heteroatoms. The Bertz CT molecular complexity index is 1080. The predicted molar refractivity (Wildman–Crippen MR) is 116 cm³/mol. The van der Waals surface area contributed by atoms with E-state index in [0.717, 1.165) is 23.9 Å². The summed E-state index contributed by atoms with van der Waals surface area (Å²) in [5.74, 6) is 0. The molecule has 2 bridgehead atoms. The lowest BCUT2D eigenvalue weighted by molar-refractivity contribution is 0.0462. The normalized spacial score (nSPS) is 33.5. The molecule has 1 saturated heterocycles. The first-order valence-corrected chi connectivity index (χ1v) is 10.9. The van der Waals surface area contributed by atoms with E-state index < -0.39 is 11.1 Å². The van der Waals surface area contributed by atoms with Gasteiger partial charge in [0, 0.05) is 23.7 Å². The molecule has 3 aliphatic rings. The van der Waals surface area contributed by atoms with Gasteiger partial charge >= 0.3 is 11.1 Å². The molecule has 1 N–H and O–H groups in total. The topological polar surface area (TPSA) is 58.1 Å². The van der Waals surface area contributed by atoms with Crippen LogP contribution in [-0.4, -0.2) is 32.6 Å². The molecule has 3 atom stereocenters. The van der Waals surface area contributed by atoms with Crippen LogP contribution in [-0.2, 0) is 5.54 Å². The Morgan fingerprint density at radius 2 is 1.72 bits per heavy atom. The second-order valence-electron chi connectivity index (χ2n) is 9.12. The maximum absolute atomic E-state index is 13.0. The molecule has 1 aromatic carbocycles. The number of hydrogen-bond donors (Lipinski definition) is 1. The lowest BCUT2D eigenvalue weighted by Gasteiger charge is -2.48. The molecule has 5 rings (SSSR count). The van der Waals surface area contributed by atoms with Crippen LogP contribution in [0.5, 0.6) is 0 Å². The van der Waals surface area contributed by atoms with Gasteiger partial charge in [0.15, 0.2) is 0 Å². The number of para-hydroxylation sites is 2. The Labute approximate surface area is 170 Å². The van der Waals surface area contributed by atoms with Crippen LogP contribution in [0.4, 0.5) is 0 Å². The van der Waals surface area contributed by atoms with Crippen molar-refractivity contribution in [3.63, 3.8) is 0 Å². The third-order valence-corrected chi connectivity index (χ3v) is 7.06. The summed E-state index contributed by atoms with van der Waals surface area (Å²) in [7, 11) is 0. The fraction of sp³-hybridized carbons (Fsp3) is 0.500. The molecule has 3 heterocycles. The molecule has 0 radical (unpaired) electrons. The molecule has 5 nitrogen and oxygen atoms in total. The summed E-state index contributed by atoms with van der Waals surface area (Å²) in [6.45, 7) is 2.15. The minimum Gasteiger partial charge on any atom is -0.316 e. The van der Waals surface area contributed by atoms with Crippen LogP contribution in [0.1, 0.15) is 51.9 Å². The number of aromatic amines is 1. The van der Waals surface area contributed by atoms with E-state index in [9.17, 15) is 9.59 Å². The fourth-order valence-corrected chi connectivity index (χ4v) is 5.79. The first kappa shape index (κ1) is 18.6. The molecule has 1 aliphatic carbocycles. The second kappa shape index (κ2) is 7.13. The van der Waals surface area contributed by atoms with E-state index >= 15 is 0 Å². The molecule has 0 amide bonds. The van der Waals surface area contributed by atoms with Crippen molar-refractivity contribution in [3.05, 3.63) is 69.3 Å². The number of nitrogens with zero attached hydrogens (tertiary/aromatic N) is 2. The number of aromatic nitrogens is 2. The van der Waals surface area contributed by atoms with E-state index in [0.29, 0.717) is 18.1 Å². The lowest BCUT2D eigenvalue weighted by Crippen LogP contribution is -2.57. The number of rotatable bonds is 2. The average molecular weight is 392 g/mol. The smallest absolute Gasteiger partial charge is 0.316 e. The minimum absolute atomic E-state index is 0.303. The lowest BCUT2D eigenvalue weighted by atomic mass is 9.81. The molecule has 1 fully saturated rings. The zero-order valence-electron chi connectivity index (χ0n) is 17.0. The Morgan fingerprint density at radius 1 is 0.966 bits per heavy atom. The monoisotopic (exact) mass is 391 g/mol. The Balaban J connectivity index is 1.53. The first-order valence-electron chi connectivity index (χ1n) is 10.9. The molecule has 0 saturated carbocycles. The third kappa shape index (κ3) is 3.12.